The molecular weight excluding hydrogens is 277 g/mol. The number of nitrogens with one attached hydrogen (secondary N) is 1. The van der Waals surface area contributed by atoms with Crippen LogP contribution in [0.1, 0.15) is 0 Å². The Morgan fingerprint density at radius 1 is 1.18 bits per heavy atom. The van der Waals surface area contributed by atoms with Crippen molar-refractivity contribution in [2.24, 2.45) is 0 Å². The molecule has 17 heavy (non-hydrogen) atoms. The van der Waals surface area contributed by atoms with Crippen LogP contribution in [-0.4, -0.2) is 68.4 Å². The highest BCUT2D eigenvalue weighted by Crippen LogP contribution is 2.02. The van der Waals surface area contributed by atoms with Crippen molar-refractivity contribution < 1.29 is 30.0 Å². The highest BCUT2D eigenvalue weighted by molar-refractivity contribution is 6.53. The molecule has 0 aliphatic carbocycles. The number of ketones is 1. The molecule has 5 N–H and O–H groups in total. The largest absolute Gasteiger partial charge is 0.394 e. The number of amides is 1. The predicted molar refractivity (Wildman–Crippen MR) is 58.6 cm³/mol. The number of alkyl halides is 2. The van der Waals surface area contributed by atoms with E-state index < -0.39 is 48.0 Å². The van der Waals surface area contributed by atoms with Crippen LogP contribution in [0, 0.1) is 0 Å². The van der Waals surface area contributed by atoms with Crippen LogP contribution < -0.4 is 5.32 Å². The van der Waals surface area contributed by atoms with Crippen LogP contribution in [0.25, 0.3) is 0 Å². The van der Waals surface area contributed by atoms with Gasteiger partial charge in [0.15, 0.2) is 10.6 Å². The molecule has 3 atom stereocenters. The predicted octanol–water partition coefficient (Wildman–Crippen LogP) is -2.45. The van der Waals surface area contributed by atoms with Crippen molar-refractivity contribution in [3.05, 3.63) is 0 Å². The first-order chi connectivity index (χ1) is 7.81. The zero-order valence-corrected chi connectivity index (χ0v) is 10.1. The van der Waals surface area contributed by atoms with Gasteiger partial charge in [0.05, 0.1) is 13.2 Å². The van der Waals surface area contributed by atoms with Crippen LogP contribution in [0.4, 0.5) is 0 Å². The molecule has 1 amide bonds. The van der Waals surface area contributed by atoms with E-state index in [4.69, 9.17) is 33.4 Å². The Morgan fingerprint density at radius 3 is 2.12 bits per heavy atom. The third-order valence-electron chi connectivity index (χ3n) is 1.87. The summed E-state index contributed by atoms with van der Waals surface area (Å²) in [7, 11) is 0. The molecule has 0 aliphatic heterocycles. The van der Waals surface area contributed by atoms with Gasteiger partial charge < -0.3 is 25.7 Å². The molecule has 0 saturated heterocycles. The van der Waals surface area contributed by atoms with E-state index in [9.17, 15) is 19.8 Å². The molecule has 0 aliphatic rings. The Bertz CT molecular complexity index is 275. The quantitative estimate of drug-likeness (QED) is 0.331. The fraction of sp³-hybridized carbons (Fsp3) is 0.750. The molecule has 0 bridgehead atoms. The van der Waals surface area contributed by atoms with Gasteiger partial charge >= 0.3 is 0 Å². The summed E-state index contributed by atoms with van der Waals surface area (Å²) in [5.74, 6) is -1.78. The zero-order valence-electron chi connectivity index (χ0n) is 8.58. The number of carbonyl (C=O) groups excluding carboxylic acids is 2. The molecular formula is C8H13Cl2NO6. The van der Waals surface area contributed by atoms with Crippen molar-refractivity contribution in [1.29, 1.82) is 0 Å². The third-order valence-corrected chi connectivity index (χ3v) is 2.27. The fourth-order valence-electron chi connectivity index (χ4n) is 0.865. The minimum absolute atomic E-state index is 0.606. The summed E-state index contributed by atoms with van der Waals surface area (Å²) in [4.78, 5) is 20.7. The summed E-state index contributed by atoms with van der Waals surface area (Å²) in [5, 5.41) is 37.9. The van der Waals surface area contributed by atoms with Gasteiger partial charge in [0.2, 0.25) is 0 Å². The normalized spacial score (nSPS) is 16.4. The lowest BCUT2D eigenvalue weighted by Crippen LogP contribution is -2.47. The second-order valence-electron chi connectivity index (χ2n) is 3.17. The number of hydrogen-bond acceptors (Lipinski definition) is 6. The molecule has 0 saturated carbocycles. The van der Waals surface area contributed by atoms with Crippen molar-refractivity contribution in [2.45, 2.75) is 23.1 Å². The first-order valence-electron chi connectivity index (χ1n) is 4.54. The van der Waals surface area contributed by atoms with Gasteiger partial charge in [0.1, 0.15) is 18.3 Å². The lowest BCUT2D eigenvalue weighted by atomic mass is 10.0. The number of halogens is 2. The molecule has 0 heterocycles. The summed E-state index contributed by atoms with van der Waals surface area (Å²) in [6.45, 7) is -1.42. The topological polar surface area (TPSA) is 127 Å². The maximum atomic E-state index is 11.2. The monoisotopic (exact) mass is 289 g/mol. The van der Waals surface area contributed by atoms with Crippen LogP contribution in [0.5, 0.6) is 0 Å². The molecule has 0 aromatic rings. The van der Waals surface area contributed by atoms with E-state index in [1.54, 1.807) is 0 Å². The maximum absolute atomic E-state index is 11.2. The van der Waals surface area contributed by atoms with E-state index in [-0.39, 0.29) is 0 Å². The van der Waals surface area contributed by atoms with Crippen molar-refractivity contribution in [3.63, 3.8) is 0 Å². The number of Topliss-reactive ketones (excluding diaryl/α,β-unsaturated/α-hetero) is 1. The van der Waals surface area contributed by atoms with Gasteiger partial charge in [-0.05, 0) is 0 Å². The summed E-state index contributed by atoms with van der Waals surface area (Å²) < 4.78 is 0. The standard InChI is InChI=1S/C8H13Cl2NO6/c9-7(10)8(17)11-1-3(13)5(15)6(16)4(14)2-12/h4-7,12,14-16H,1-2H2,(H,11,17)/t4?,5-,6-/m1/s1. The van der Waals surface area contributed by atoms with Crippen molar-refractivity contribution in [1.82, 2.24) is 5.32 Å². The first-order valence-corrected chi connectivity index (χ1v) is 5.42. The van der Waals surface area contributed by atoms with Crippen LogP contribution >= 0.6 is 23.2 Å². The Hall–Kier alpha value is -0.440. The summed E-state index contributed by atoms with van der Waals surface area (Å²) in [5.41, 5.74) is 0. The van der Waals surface area contributed by atoms with E-state index in [1.165, 1.54) is 0 Å². The molecule has 100 valence electrons. The van der Waals surface area contributed by atoms with Crippen LogP contribution in [0.3, 0.4) is 0 Å². The highest BCUT2D eigenvalue weighted by Gasteiger charge is 2.29. The average Bonchev–Trinajstić information content (AvgIpc) is 2.32. The number of aliphatic hydroxyl groups excluding tert-OH is 4. The van der Waals surface area contributed by atoms with Crippen molar-refractivity contribution in [2.75, 3.05) is 13.2 Å². The van der Waals surface area contributed by atoms with Gasteiger partial charge in [0, 0.05) is 0 Å². The first kappa shape index (κ1) is 16.6. The van der Waals surface area contributed by atoms with E-state index in [0.717, 1.165) is 0 Å². The minimum atomic E-state index is -1.93. The summed E-state index contributed by atoms with van der Waals surface area (Å²) in [6, 6.07) is 0. The van der Waals surface area contributed by atoms with E-state index in [1.807, 2.05) is 5.32 Å². The molecule has 0 spiro atoms. The second kappa shape index (κ2) is 7.80. The second-order valence-corrected chi connectivity index (χ2v) is 4.27. The van der Waals surface area contributed by atoms with Crippen LogP contribution in [0.2, 0.25) is 0 Å². The van der Waals surface area contributed by atoms with Gasteiger partial charge in [-0.15, -0.1) is 0 Å². The number of aliphatic hydroxyl groups is 4. The summed E-state index contributed by atoms with van der Waals surface area (Å²) >= 11 is 10.4. The number of hydrogen-bond donors (Lipinski definition) is 5. The van der Waals surface area contributed by atoms with Crippen LogP contribution in [-0.2, 0) is 9.59 Å². The highest BCUT2D eigenvalue weighted by atomic mass is 35.5. The number of carbonyl (C=O) groups is 2. The van der Waals surface area contributed by atoms with E-state index >= 15 is 0 Å². The SMILES string of the molecule is O=C(NCC(=O)[C@@H](O)[C@H](O)C(O)CO)C(Cl)Cl. The Balaban J connectivity index is 4.19. The lowest BCUT2D eigenvalue weighted by molar-refractivity contribution is -0.140. The van der Waals surface area contributed by atoms with Gasteiger partial charge in [-0.2, -0.15) is 0 Å². The third kappa shape index (κ3) is 5.62. The molecule has 0 aromatic carbocycles. The maximum Gasteiger partial charge on any atom is 0.253 e. The van der Waals surface area contributed by atoms with Crippen LogP contribution in [0.15, 0.2) is 0 Å². The van der Waals surface area contributed by atoms with Gasteiger partial charge in [0.25, 0.3) is 5.91 Å². The molecule has 0 radical (unpaired) electrons. The average molecular weight is 290 g/mol. The molecule has 0 aromatic heterocycles. The molecule has 9 heteroatoms. The van der Waals surface area contributed by atoms with E-state index in [0.29, 0.717) is 0 Å². The van der Waals surface area contributed by atoms with Gasteiger partial charge in [-0.1, -0.05) is 23.2 Å². The van der Waals surface area contributed by atoms with Crippen molar-refractivity contribution in [3.8, 4) is 0 Å². The minimum Gasteiger partial charge on any atom is -0.394 e. The van der Waals surface area contributed by atoms with Gasteiger partial charge in [-0.25, -0.2) is 0 Å². The zero-order chi connectivity index (χ0) is 13.6. The Kier molecular flexibility index (Phi) is 7.60. The Morgan fingerprint density at radius 2 is 1.71 bits per heavy atom. The molecule has 1 unspecified atom stereocenters. The fourth-order valence-corrected chi connectivity index (χ4v) is 1.02. The Labute approximate surface area is 107 Å². The number of rotatable bonds is 7. The van der Waals surface area contributed by atoms with Gasteiger partial charge in [-0.3, -0.25) is 9.59 Å². The smallest absolute Gasteiger partial charge is 0.253 e. The van der Waals surface area contributed by atoms with Crippen molar-refractivity contribution >= 4 is 34.9 Å². The molecule has 7 nitrogen and oxygen atoms in total. The van der Waals surface area contributed by atoms with E-state index in [2.05, 4.69) is 0 Å². The molecule has 0 fully saturated rings. The summed E-state index contributed by atoms with van der Waals surface area (Å²) in [6.07, 6.45) is -5.42. The lowest BCUT2D eigenvalue weighted by Gasteiger charge is -2.20. The molecule has 0 rings (SSSR count).